The van der Waals surface area contributed by atoms with E-state index in [1.54, 1.807) is 7.11 Å². The third kappa shape index (κ3) is 21.1. The second-order valence-electron chi connectivity index (χ2n) is 9.06. The lowest BCUT2D eigenvalue weighted by molar-refractivity contribution is -0.206. The molecule has 196 valence electrons. The molecule has 0 amide bonds. The van der Waals surface area contributed by atoms with Crippen LogP contribution >= 0.6 is 0 Å². The second-order valence-corrected chi connectivity index (χ2v) is 9.06. The molecule has 0 saturated heterocycles. The van der Waals surface area contributed by atoms with Crippen molar-refractivity contribution in [2.45, 2.75) is 129 Å². The highest BCUT2D eigenvalue weighted by molar-refractivity contribution is 5.74. The lowest BCUT2D eigenvalue weighted by Gasteiger charge is -2.27. The SMILES string of the molecule is CCCCCCCCCCCCCCCCCCN(OCCOC)[C@@H](CCC(=O)O)C(=O)O. The summed E-state index contributed by atoms with van der Waals surface area (Å²) in [5, 5.41) is 19.8. The van der Waals surface area contributed by atoms with E-state index in [4.69, 9.17) is 14.7 Å². The first-order valence-corrected chi connectivity index (χ1v) is 13.4. The molecular formula is C26H51NO6. The smallest absolute Gasteiger partial charge is 0.323 e. The molecule has 1 atom stereocenters. The summed E-state index contributed by atoms with van der Waals surface area (Å²) in [5.74, 6) is -2.05. The van der Waals surface area contributed by atoms with E-state index in [-0.39, 0.29) is 19.4 Å². The monoisotopic (exact) mass is 473 g/mol. The Kier molecular flexibility index (Phi) is 23.1. The van der Waals surface area contributed by atoms with Gasteiger partial charge >= 0.3 is 11.9 Å². The molecule has 2 N–H and O–H groups in total. The second kappa shape index (κ2) is 24.0. The number of carbonyl (C=O) groups is 2. The van der Waals surface area contributed by atoms with Crippen LogP contribution < -0.4 is 0 Å². The number of hydrogen-bond donors (Lipinski definition) is 2. The zero-order chi connectivity index (χ0) is 24.6. The molecule has 0 aliphatic rings. The Balaban J connectivity index is 3.83. The van der Waals surface area contributed by atoms with Gasteiger partial charge in [-0.2, -0.15) is 5.06 Å². The van der Waals surface area contributed by atoms with Crippen LogP contribution in [0, 0.1) is 0 Å². The molecule has 7 heteroatoms. The quantitative estimate of drug-likeness (QED) is 0.110. The normalized spacial score (nSPS) is 12.3. The molecule has 0 saturated carbocycles. The average Bonchev–Trinajstić information content (AvgIpc) is 2.78. The molecule has 0 aromatic rings. The minimum Gasteiger partial charge on any atom is -0.481 e. The van der Waals surface area contributed by atoms with Crippen LogP contribution in [0.5, 0.6) is 0 Å². The van der Waals surface area contributed by atoms with Crippen molar-refractivity contribution < 1.29 is 29.4 Å². The van der Waals surface area contributed by atoms with Gasteiger partial charge in [-0.3, -0.25) is 14.4 Å². The number of ether oxygens (including phenoxy) is 1. The van der Waals surface area contributed by atoms with Crippen LogP contribution in [-0.2, 0) is 19.2 Å². The van der Waals surface area contributed by atoms with Crippen molar-refractivity contribution in [2.75, 3.05) is 26.9 Å². The summed E-state index contributed by atoms with van der Waals surface area (Å²) in [6, 6.07) is -0.950. The van der Waals surface area contributed by atoms with E-state index in [9.17, 15) is 14.7 Å². The molecule has 33 heavy (non-hydrogen) atoms. The van der Waals surface area contributed by atoms with Crippen LogP contribution in [0.3, 0.4) is 0 Å². The van der Waals surface area contributed by atoms with Gasteiger partial charge in [0.25, 0.3) is 0 Å². The van der Waals surface area contributed by atoms with Crippen molar-refractivity contribution in [3.8, 4) is 0 Å². The maximum atomic E-state index is 11.6. The Morgan fingerprint density at radius 2 is 1.18 bits per heavy atom. The first-order chi connectivity index (χ1) is 16.0. The topological polar surface area (TPSA) is 96.3 Å². The molecular weight excluding hydrogens is 422 g/mol. The maximum absolute atomic E-state index is 11.6. The van der Waals surface area contributed by atoms with E-state index in [0.29, 0.717) is 13.2 Å². The predicted octanol–water partition coefficient (Wildman–Crippen LogP) is 6.45. The molecule has 0 spiro atoms. The summed E-state index contributed by atoms with van der Waals surface area (Å²) < 4.78 is 4.97. The van der Waals surface area contributed by atoms with Crippen molar-refractivity contribution in [1.29, 1.82) is 0 Å². The third-order valence-electron chi connectivity index (χ3n) is 6.04. The first kappa shape index (κ1) is 31.8. The molecule has 0 fully saturated rings. The van der Waals surface area contributed by atoms with Crippen molar-refractivity contribution in [2.24, 2.45) is 0 Å². The van der Waals surface area contributed by atoms with Crippen LogP contribution in [0.4, 0.5) is 0 Å². The Morgan fingerprint density at radius 1 is 0.727 bits per heavy atom. The fraction of sp³-hybridized carbons (Fsp3) is 0.923. The summed E-state index contributed by atoms with van der Waals surface area (Å²) in [5.41, 5.74) is 0. The van der Waals surface area contributed by atoms with E-state index >= 15 is 0 Å². The number of aliphatic carboxylic acids is 2. The zero-order valence-electron chi connectivity index (χ0n) is 21.4. The molecule has 0 aromatic heterocycles. The molecule has 7 nitrogen and oxygen atoms in total. The van der Waals surface area contributed by atoms with Gasteiger partial charge in [0.1, 0.15) is 6.04 Å². The van der Waals surface area contributed by atoms with Crippen molar-refractivity contribution in [3.63, 3.8) is 0 Å². The molecule has 0 aliphatic heterocycles. The van der Waals surface area contributed by atoms with Gasteiger partial charge in [0.2, 0.25) is 0 Å². The Hall–Kier alpha value is -1.18. The summed E-state index contributed by atoms with van der Waals surface area (Å²) in [4.78, 5) is 28.1. The Morgan fingerprint density at radius 3 is 1.58 bits per heavy atom. The molecule has 0 radical (unpaired) electrons. The number of methoxy groups -OCH3 is 1. The summed E-state index contributed by atoms with van der Waals surface area (Å²) in [6.45, 7) is 3.36. The van der Waals surface area contributed by atoms with Gasteiger partial charge in [0, 0.05) is 20.1 Å². The minimum atomic E-state index is -1.05. The van der Waals surface area contributed by atoms with Crippen LogP contribution in [0.2, 0.25) is 0 Å². The van der Waals surface area contributed by atoms with Crippen LogP contribution in [0.15, 0.2) is 0 Å². The van der Waals surface area contributed by atoms with Crippen LogP contribution in [0.25, 0.3) is 0 Å². The van der Waals surface area contributed by atoms with E-state index in [1.807, 2.05) is 0 Å². The number of carboxylic acid groups (broad SMARTS) is 2. The fourth-order valence-electron chi connectivity index (χ4n) is 4.01. The van der Waals surface area contributed by atoms with Crippen LogP contribution in [-0.4, -0.2) is 60.1 Å². The van der Waals surface area contributed by atoms with E-state index in [1.165, 1.54) is 88.5 Å². The van der Waals surface area contributed by atoms with E-state index < -0.39 is 18.0 Å². The summed E-state index contributed by atoms with van der Waals surface area (Å²) >= 11 is 0. The van der Waals surface area contributed by atoms with Gasteiger partial charge in [0.15, 0.2) is 0 Å². The standard InChI is InChI=1S/C26H51NO6/c1-3-4-5-6-7-8-9-10-11-12-13-14-15-16-17-18-21-27(33-23-22-32-2)24(26(30)31)19-20-25(28)29/h24H,3-23H2,1-2H3,(H,28,29)(H,30,31)/t24-/m0/s1. The third-order valence-corrected chi connectivity index (χ3v) is 6.04. The number of carboxylic acids is 2. The number of rotatable bonds is 26. The molecule has 0 unspecified atom stereocenters. The van der Waals surface area contributed by atoms with Gasteiger partial charge in [-0.05, 0) is 12.8 Å². The van der Waals surface area contributed by atoms with Gasteiger partial charge in [-0.25, -0.2) is 0 Å². The maximum Gasteiger partial charge on any atom is 0.323 e. The van der Waals surface area contributed by atoms with Crippen molar-refractivity contribution in [3.05, 3.63) is 0 Å². The highest BCUT2D eigenvalue weighted by Crippen LogP contribution is 2.15. The molecule has 0 rings (SSSR count). The lowest BCUT2D eigenvalue weighted by atomic mass is 10.0. The zero-order valence-corrected chi connectivity index (χ0v) is 21.4. The summed E-state index contributed by atoms with van der Waals surface area (Å²) in [7, 11) is 1.56. The highest BCUT2D eigenvalue weighted by atomic mass is 16.7. The molecule has 0 aromatic carbocycles. The predicted molar refractivity (Wildman–Crippen MR) is 132 cm³/mol. The number of unbranched alkanes of at least 4 members (excludes halogenated alkanes) is 15. The Bertz CT molecular complexity index is 460. The number of hydroxylamine groups is 2. The fourth-order valence-corrected chi connectivity index (χ4v) is 4.01. The number of hydrogen-bond acceptors (Lipinski definition) is 5. The van der Waals surface area contributed by atoms with Crippen LogP contribution in [0.1, 0.15) is 122 Å². The lowest BCUT2D eigenvalue weighted by Crippen LogP contribution is -2.42. The van der Waals surface area contributed by atoms with Gasteiger partial charge in [-0.15, -0.1) is 0 Å². The largest absolute Gasteiger partial charge is 0.481 e. The van der Waals surface area contributed by atoms with Gasteiger partial charge in [0.05, 0.1) is 13.2 Å². The molecule has 0 aliphatic carbocycles. The molecule has 0 heterocycles. The summed E-state index contributed by atoms with van der Waals surface area (Å²) in [6.07, 6.45) is 20.4. The number of nitrogens with zero attached hydrogens (tertiary/aromatic N) is 1. The average molecular weight is 474 g/mol. The van der Waals surface area contributed by atoms with Gasteiger partial charge < -0.3 is 14.9 Å². The van der Waals surface area contributed by atoms with Crippen molar-refractivity contribution in [1.82, 2.24) is 5.06 Å². The first-order valence-electron chi connectivity index (χ1n) is 13.4. The van der Waals surface area contributed by atoms with Gasteiger partial charge in [-0.1, -0.05) is 103 Å². The highest BCUT2D eigenvalue weighted by Gasteiger charge is 2.27. The molecule has 0 bridgehead atoms. The minimum absolute atomic E-state index is 0.0243. The van der Waals surface area contributed by atoms with E-state index in [2.05, 4.69) is 6.92 Å². The van der Waals surface area contributed by atoms with E-state index in [0.717, 1.165) is 19.3 Å². The Labute approximate surface area is 202 Å². The van der Waals surface area contributed by atoms with Crippen molar-refractivity contribution >= 4 is 11.9 Å².